The van der Waals surface area contributed by atoms with Crippen LogP contribution in [0.25, 0.3) is 0 Å². The van der Waals surface area contributed by atoms with Crippen LogP contribution < -0.4 is 0 Å². The van der Waals surface area contributed by atoms with Gasteiger partial charge in [0.05, 0.1) is 11.1 Å². The Morgan fingerprint density at radius 3 is 2.81 bits per heavy atom. The molecule has 8 heteroatoms. The molecule has 1 heterocycles. The molecule has 0 aliphatic heterocycles. The van der Waals surface area contributed by atoms with Crippen molar-refractivity contribution < 1.29 is 4.92 Å². The van der Waals surface area contributed by atoms with Gasteiger partial charge in [0.2, 0.25) is 4.77 Å². The van der Waals surface area contributed by atoms with Crippen LogP contribution in [0.4, 0.5) is 5.69 Å². The van der Waals surface area contributed by atoms with Crippen LogP contribution in [0.5, 0.6) is 0 Å². The molecular weight excluding hydrogens is 290 g/mol. The Balaban J connectivity index is 2.19. The molecule has 7 nitrogen and oxygen atoms in total. The molecule has 21 heavy (non-hydrogen) atoms. The molecule has 0 saturated carbocycles. The van der Waals surface area contributed by atoms with E-state index < -0.39 is 4.92 Å². The van der Waals surface area contributed by atoms with Crippen molar-refractivity contribution in [2.24, 2.45) is 5.10 Å². The molecule has 110 valence electrons. The number of nitrogens with zero attached hydrogens (tertiary/aromatic N) is 4. The maximum absolute atomic E-state index is 10.6. The van der Waals surface area contributed by atoms with E-state index in [9.17, 15) is 10.1 Å². The van der Waals surface area contributed by atoms with Gasteiger partial charge in [-0.25, -0.2) is 0 Å². The Morgan fingerprint density at radius 2 is 2.19 bits per heavy atom. The first-order chi connectivity index (χ1) is 10.1. The summed E-state index contributed by atoms with van der Waals surface area (Å²) in [4.78, 5) is 10.2. The SMILES string of the molecule is CCCCc1n[nH]c(=S)n1/N=C\c1ccc([N+](=O)[O-])cc1. The minimum Gasteiger partial charge on any atom is -0.258 e. The molecule has 0 unspecified atom stereocenters. The van der Waals surface area contributed by atoms with Gasteiger partial charge in [-0.3, -0.25) is 15.2 Å². The number of unbranched alkanes of at least 4 members (excludes halogenated alkanes) is 1. The van der Waals surface area contributed by atoms with Gasteiger partial charge >= 0.3 is 0 Å². The van der Waals surface area contributed by atoms with E-state index >= 15 is 0 Å². The minimum absolute atomic E-state index is 0.0516. The lowest BCUT2D eigenvalue weighted by Gasteiger charge is -1.99. The van der Waals surface area contributed by atoms with Gasteiger partial charge in [0.15, 0.2) is 5.82 Å². The summed E-state index contributed by atoms with van der Waals surface area (Å²) in [5, 5.41) is 21.7. The summed E-state index contributed by atoms with van der Waals surface area (Å²) in [6.45, 7) is 2.10. The fourth-order valence-corrected chi connectivity index (χ4v) is 1.94. The van der Waals surface area contributed by atoms with Crippen LogP contribution in [0, 0.1) is 14.9 Å². The molecule has 0 bridgehead atoms. The van der Waals surface area contributed by atoms with Crippen molar-refractivity contribution in [1.29, 1.82) is 0 Å². The highest BCUT2D eigenvalue weighted by Crippen LogP contribution is 2.11. The Hall–Kier alpha value is -2.35. The summed E-state index contributed by atoms with van der Waals surface area (Å²) in [6, 6.07) is 6.15. The van der Waals surface area contributed by atoms with Crippen LogP contribution in [0.3, 0.4) is 0 Å². The Bertz CT molecular complexity index is 702. The van der Waals surface area contributed by atoms with Crippen LogP contribution in [0.15, 0.2) is 29.4 Å². The average Bonchev–Trinajstić information content (AvgIpc) is 2.83. The van der Waals surface area contributed by atoms with Crippen LogP contribution in [-0.4, -0.2) is 26.0 Å². The van der Waals surface area contributed by atoms with E-state index in [0.717, 1.165) is 30.7 Å². The number of benzene rings is 1. The Kier molecular flexibility index (Phi) is 4.94. The quantitative estimate of drug-likeness (QED) is 0.384. The molecule has 0 atom stereocenters. The highest BCUT2D eigenvalue weighted by atomic mass is 32.1. The lowest BCUT2D eigenvalue weighted by molar-refractivity contribution is -0.384. The van der Waals surface area contributed by atoms with Crippen molar-refractivity contribution >= 4 is 24.1 Å². The van der Waals surface area contributed by atoms with Gasteiger partial charge in [-0.05, 0) is 36.3 Å². The minimum atomic E-state index is -0.435. The van der Waals surface area contributed by atoms with E-state index in [0.29, 0.717) is 4.77 Å². The van der Waals surface area contributed by atoms with E-state index in [-0.39, 0.29) is 5.69 Å². The molecule has 0 spiro atoms. The number of aromatic nitrogens is 3. The first-order valence-corrected chi connectivity index (χ1v) is 6.97. The van der Waals surface area contributed by atoms with Gasteiger partial charge in [-0.1, -0.05) is 13.3 Å². The van der Waals surface area contributed by atoms with Gasteiger partial charge < -0.3 is 0 Å². The zero-order valence-electron chi connectivity index (χ0n) is 11.5. The van der Waals surface area contributed by atoms with E-state index in [4.69, 9.17) is 12.2 Å². The summed E-state index contributed by atoms with van der Waals surface area (Å²) >= 11 is 5.14. The number of hydrogen-bond acceptors (Lipinski definition) is 5. The van der Waals surface area contributed by atoms with E-state index in [1.54, 1.807) is 23.0 Å². The predicted octanol–water partition coefficient (Wildman–Crippen LogP) is 3.07. The standard InChI is InChI=1S/C13H15N5O2S/c1-2-3-4-12-15-16-13(21)17(12)14-9-10-5-7-11(8-6-10)18(19)20/h5-9H,2-4H2,1H3,(H,16,21)/b14-9-. The Labute approximate surface area is 126 Å². The maximum atomic E-state index is 10.6. The van der Waals surface area contributed by atoms with Gasteiger partial charge in [0.1, 0.15) is 0 Å². The van der Waals surface area contributed by atoms with Gasteiger partial charge in [-0.2, -0.15) is 14.9 Å². The molecule has 0 fully saturated rings. The van der Waals surface area contributed by atoms with E-state index in [1.165, 1.54) is 12.1 Å². The molecule has 1 N–H and O–H groups in total. The third-order valence-corrected chi connectivity index (χ3v) is 3.16. The summed E-state index contributed by atoms with van der Waals surface area (Å²) in [7, 11) is 0. The third kappa shape index (κ3) is 3.82. The van der Waals surface area contributed by atoms with Crippen LogP contribution >= 0.6 is 12.2 Å². The van der Waals surface area contributed by atoms with Crippen molar-refractivity contribution in [2.75, 3.05) is 0 Å². The average molecular weight is 305 g/mol. The van der Waals surface area contributed by atoms with Crippen molar-refractivity contribution in [3.05, 3.63) is 50.5 Å². The molecule has 0 radical (unpaired) electrons. The van der Waals surface area contributed by atoms with Gasteiger partial charge in [0.25, 0.3) is 5.69 Å². The molecule has 0 aliphatic rings. The van der Waals surface area contributed by atoms with Crippen LogP contribution in [0.2, 0.25) is 0 Å². The van der Waals surface area contributed by atoms with Gasteiger partial charge in [0, 0.05) is 18.6 Å². The van der Waals surface area contributed by atoms with Crippen molar-refractivity contribution in [3.8, 4) is 0 Å². The Morgan fingerprint density at radius 1 is 1.48 bits per heavy atom. The number of nitrogens with one attached hydrogen (secondary N) is 1. The fourth-order valence-electron chi connectivity index (χ4n) is 1.75. The lowest BCUT2D eigenvalue weighted by Crippen LogP contribution is -1.99. The van der Waals surface area contributed by atoms with Gasteiger partial charge in [-0.15, -0.1) is 0 Å². The number of hydrogen-bond donors (Lipinski definition) is 1. The second kappa shape index (κ2) is 6.89. The second-order valence-corrected chi connectivity index (χ2v) is 4.84. The van der Waals surface area contributed by atoms with Crippen molar-refractivity contribution in [1.82, 2.24) is 14.9 Å². The summed E-state index contributed by atoms with van der Waals surface area (Å²) in [6.07, 6.45) is 4.46. The molecule has 0 aliphatic carbocycles. The molecule has 2 rings (SSSR count). The monoisotopic (exact) mass is 305 g/mol. The maximum Gasteiger partial charge on any atom is 0.269 e. The zero-order valence-corrected chi connectivity index (χ0v) is 12.3. The summed E-state index contributed by atoms with van der Waals surface area (Å²) in [5.74, 6) is 0.778. The molecule has 0 saturated heterocycles. The van der Waals surface area contributed by atoms with Crippen LogP contribution in [0.1, 0.15) is 31.2 Å². The third-order valence-electron chi connectivity index (χ3n) is 2.90. The molecule has 1 aromatic heterocycles. The molecule has 1 aromatic carbocycles. The number of rotatable bonds is 6. The predicted molar refractivity (Wildman–Crippen MR) is 82.1 cm³/mol. The highest BCUT2D eigenvalue weighted by molar-refractivity contribution is 7.71. The first kappa shape index (κ1) is 15.0. The van der Waals surface area contributed by atoms with Crippen molar-refractivity contribution in [2.45, 2.75) is 26.2 Å². The fraction of sp³-hybridized carbons (Fsp3) is 0.308. The highest BCUT2D eigenvalue weighted by Gasteiger charge is 2.05. The largest absolute Gasteiger partial charge is 0.269 e. The first-order valence-electron chi connectivity index (χ1n) is 6.57. The topological polar surface area (TPSA) is 89.1 Å². The number of nitro groups is 1. The van der Waals surface area contributed by atoms with E-state index in [1.807, 2.05) is 0 Å². The number of H-pyrrole nitrogens is 1. The number of aryl methyl sites for hydroxylation is 1. The number of non-ortho nitro benzene ring substituents is 1. The molecular formula is C13H15N5O2S. The normalized spacial score (nSPS) is 11.1. The lowest BCUT2D eigenvalue weighted by atomic mass is 10.2. The van der Waals surface area contributed by atoms with E-state index in [2.05, 4.69) is 22.2 Å². The zero-order chi connectivity index (χ0) is 15.2. The smallest absolute Gasteiger partial charge is 0.258 e. The number of nitro benzene ring substituents is 1. The number of aromatic amines is 1. The van der Waals surface area contributed by atoms with Crippen LogP contribution in [-0.2, 0) is 6.42 Å². The second-order valence-electron chi connectivity index (χ2n) is 4.45. The van der Waals surface area contributed by atoms with Crippen molar-refractivity contribution in [3.63, 3.8) is 0 Å². The molecule has 2 aromatic rings. The summed E-state index contributed by atoms with van der Waals surface area (Å²) in [5.41, 5.74) is 0.806. The molecule has 0 amide bonds. The summed E-state index contributed by atoms with van der Waals surface area (Å²) < 4.78 is 2.01.